The van der Waals surface area contributed by atoms with Gasteiger partial charge in [-0.3, -0.25) is 24.2 Å². The van der Waals surface area contributed by atoms with Gasteiger partial charge in [0.1, 0.15) is 6.04 Å². The third kappa shape index (κ3) is 4.83. The number of halogens is 1. The quantitative estimate of drug-likeness (QED) is 0.444. The molecule has 1 fully saturated rings. The highest BCUT2D eigenvalue weighted by Crippen LogP contribution is 2.26. The van der Waals surface area contributed by atoms with Crippen LogP contribution in [-0.2, 0) is 14.3 Å². The van der Waals surface area contributed by atoms with Crippen molar-refractivity contribution < 1.29 is 23.9 Å². The Labute approximate surface area is 203 Å². The van der Waals surface area contributed by atoms with E-state index in [1.165, 1.54) is 0 Å². The zero-order valence-corrected chi connectivity index (χ0v) is 19.7. The van der Waals surface area contributed by atoms with Gasteiger partial charge in [0.25, 0.3) is 11.8 Å². The van der Waals surface area contributed by atoms with Gasteiger partial charge in [-0.05, 0) is 36.8 Å². The van der Waals surface area contributed by atoms with Crippen LogP contribution in [0.1, 0.15) is 45.7 Å². The molecule has 0 unspecified atom stereocenters. The van der Waals surface area contributed by atoms with E-state index in [0.29, 0.717) is 42.3 Å². The van der Waals surface area contributed by atoms with Gasteiger partial charge < -0.3 is 9.64 Å². The van der Waals surface area contributed by atoms with Crippen LogP contribution in [0.15, 0.2) is 48.5 Å². The Kier molecular flexibility index (Phi) is 7.29. The van der Waals surface area contributed by atoms with Crippen LogP contribution in [0, 0.1) is 0 Å². The molecule has 2 aromatic carbocycles. The van der Waals surface area contributed by atoms with Crippen molar-refractivity contribution in [3.63, 3.8) is 0 Å². The van der Waals surface area contributed by atoms with Crippen molar-refractivity contribution in [1.29, 1.82) is 0 Å². The molecule has 0 saturated carbocycles. The van der Waals surface area contributed by atoms with Crippen LogP contribution >= 0.6 is 11.6 Å². The van der Waals surface area contributed by atoms with Crippen LogP contribution in [0.2, 0.25) is 5.02 Å². The molecule has 1 atom stereocenters. The lowest BCUT2D eigenvalue weighted by Gasteiger charge is -2.38. The second-order valence-corrected chi connectivity index (χ2v) is 8.62. The molecule has 0 spiro atoms. The third-order valence-electron chi connectivity index (χ3n) is 6.16. The van der Waals surface area contributed by atoms with Crippen LogP contribution in [0.3, 0.4) is 0 Å². The van der Waals surface area contributed by atoms with E-state index in [9.17, 15) is 19.2 Å². The lowest BCUT2D eigenvalue weighted by atomic mass is 10.0. The van der Waals surface area contributed by atoms with Gasteiger partial charge in [0.15, 0.2) is 0 Å². The van der Waals surface area contributed by atoms with E-state index >= 15 is 0 Å². The summed E-state index contributed by atoms with van der Waals surface area (Å²) in [6.07, 6.45) is 0.0595. The first kappa shape index (κ1) is 23.9. The van der Waals surface area contributed by atoms with Crippen molar-refractivity contribution in [3.8, 4) is 0 Å². The van der Waals surface area contributed by atoms with Crippen molar-refractivity contribution in [2.45, 2.75) is 19.4 Å². The number of benzene rings is 2. The maximum absolute atomic E-state index is 12.8. The third-order valence-corrected chi connectivity index (χ3v) is 6.41. The van der Waals surface area contributed by atoms with Crippen molar-refractivity contribution in [2.75, 3.05) is 39.3 Å². The van der Waals surface area contributed by atoms with Gasteiger partial charge in [0.2, 0.25) is 5.91 Å². The van der Waals surface area contributed by atoms with E-state index < -0.39 is 6.04 Å². The SMILES string of the molecule is CCOC(=O)[C@@H](c1ccc(Cl)cc1)N1CCN(C(=O)CCN2C(=O)c3ccccc3C2=O)CC1. The fraction of sp³-hybridized carbons (Fsp3) is 0.360. The second-order valence-electron chi connectivity index (χ2n) is 8.18. The number of ether oxygens (including phenoxy) is 1. The number of imide groups is 1. The first-order valence-corrected chi connectivity index (χ1v) is 11.7. The number of esters is 1. The predicted molar refractivity (Wildman–Crippen MR) is 125 cm³/mol. The van der Waals surface area contributed by atoms with Crippen molar-refractivity contribution >= 4 is 35.3 Å². The molecule has 4 rings (SSSR count). The van der Waals surface area contributed by atoms with Gasteiger partial charge >= 0.3 is 5.97 Å². The maximum atomic E-state index is 12.8. The normalized spacial score (nSPS) is 17.0. The lowest BCUT2D eigenvalue weighted by molar-refractivity contribution is -0.151. The molecule has 0 bridgehead atoms. The van der Waals surface area contributed by atoms with Crippen LogP contribution in [0.5, 0.6) is 0 Å². The molecule has 178 valence electrons. The minimum Gasteiger partial charge on any atom is -0.465 e. The molecular weight excluding hydrogens is 458 g/mol. The van der Waals surface area contributed by atoms with Crippen LogP contribution < -0.4 is 0 Å². The Morgan fingerprint density at radius 1 is 0.941 bits per heavy atom. The van der Waals surface area contributed by atoms with Gasteiger partial charge in [-0.25, -0.2) is 4.79 Å². The van der Waals surface area contributed by atoms with Crippen molar-refractivity contribution in [3.05, 3.63) is 70.2 Å². The summed E-state index contributed by atoms with van der Waals surface area (Å²) in [6.45, 7) is 3.94. The van der Waals surface area contributed by atoms with Gasteiger partial charge in [-0.15, -0.1) is 0 Å². The Morgan fingerprint density at radius 3 is 2.09 bits per heavy atom. The Bertz CT molecular complexity index is 1060. The molecule has 1 saturated heterocycles. The number of carbonyl (C=O) groups is 4. The molecule has 2 aliphatic heterocycles. The fourth-order valence-corrected chi connectivity index (χ4v) is 4.53. The highest BCUT2D eigenvalue weighted by Gasteiger charge is 2.36. The molecule has 8 nitrogen and oxygen atoms in total. The number of piperazine rings is 1. The van der Waals surface area contributed by atoms with Gasteiger partial charge in [0, 0.05) is 44.2 Å². The predicted octanol–water partition coefficient (Wildman–Crippen LogP) is 2.77. The summed E-state index contributed by atoms with van der Waals surface area (Å²) >= 11 is 6.00. The molecule has 0 aromatic heterocycles. The van der Waals surface area contributed by atoms with E-state index in [2.05, 4.69) is 0 Å². The largest absolute Gasteiger partial charge is 0.465 e. The van der Waals surface area contributed by atoms with Crippen LogP contribution in [0.4, 0.5) is 0 Å². The van der Waals surface area contributed by atoms with E-state index in [0.717, 1.165) is 10.5 Å². The Morgan fingerprint density at radius 2 is 1.53 bits per heavy atom. The topological polar surface area (TPSA) is 87.2 Å². The molecule has 2 heterocycles. The number of hydrogen-bond acceptors (Lipinski definition) is 6. The van der Waals surface area contributed by atoms with Crippen molar-refractivity contribution in [1.82, 2.24) is 14.7 Å². The van der Waals surface area contributed by atoms with E-state index in [1.807, 2.05) is 17.0 Å². The molecule has 0 aliphatic carbocycles. The maximum Gasteiger partial charge on any atom is 0.328 e. The molecule has 2 aromatic rings. The van der Waals surface area contributed by atoms with Gasteiger partial charge in [-0.1, -0.05) is 35.9 Å². The lowest BCUT2D eigenvalue weighted by Crippen LogP contribution is -2.51. The van der Waals surface area contributed by atoms with Crippen LogP contribution in [0.25, 0.3) is 0 Å². The summed E-state index contributed by atoms with van der Waals surface area (Å²) in [6, 6.07) is 13.2. The second kappa shape index (κ2) is 10.4. The average molecular weight is 484 g/mol. The summed E-state index contributed by atoms with van der Waals surface area (Å²) in [5.41, 5.74) is 1.54. The highest BCUT2D eigenvalue weighted by atomic mass is 35.5. The molecule has 0 radical (unpaired) electrons. The number of fused-ring (bicyclic) bond motifs is 1. The van der Waals surface area contributed by atoms with Crippen LogP contribution in [-0.4, -0.2) is 77.7 Å². The number of carbonyl (C=O) groups excluding carboxylic acids is 4. The van der Waals surface area contributed by atoms with Gasteiger partial charge in [-0.2, -0.15) is 0 Å². The Balaban J connectivity index is 1.35. The number of nitrogens with zero attached hydrogens (tertiary/aromatic N) is 3. The molecule has 34 heavy (non-hydrogen) atoms. The molecule has 9 heteroatoms. The molecule has 2 aliphatic rings. The summed E-state index contributed by atoms with van der Waals surface area (Å²) in [5.74, 6) is -1.19. The monoisotopic (exact) mass is 483 g/mol. The fourth-order valence-electron chi connectivity index (χ4n) is 4.40. The van der Waals surface area contributed by atoms with E-state index in [1.54, 1.807) is 48.2 Å². The summed E-state index contributed by atoms with van der Waals surface area (Å²) in [4.78, 5) is 55.4. The summed E-state index contributed by atoms with van der Waals surface area (Å²) < 4.78 is 5.30. The zero-order valence-electron chi connectivity index (χ0n) is 18.9. The first-order valence-electron chi connectivity index (χ1n) is 11.3. The average Bonchev–Trinajstić information content (AvgIpc) is 3.09. The smallest absolute Gasteiger partial charge is 0.328 e. The number of amides is 3. The molecule has 0 N–H and O–H groups in total. The molecule has 3 amide bonds. The summed E-state index contributed by atoms with van der Waals surface area (Å²) in [5, 5.41) is 0.583. The number of hydrogen-bond donors (Lipinski definition) is 0. The Hall–Kier alpha value is -3.23. The first-order chi connectivity index (χ1) is 16.4. The standard InChI is InChI=1S/C25H26ClN3O5/c1-2-34-25(33)22(17-7-9-18(26)10-8-17)28-15-13-27(14-16-28)21(30)11-12-29-23(31)19-5-3-4-6-20(19)24(29)32/h3-10,22H,2,11-16H2,1H3/t22-/m1/s1. The van der Waals surface area contributed by atoms with Crippen molar-refractivity contribution in [2.24, 2.45) is 0 Å². The van der Waals surface area contributed by atoms with E-state index in [-0.39, 0.29) is 43.3 Å². The zero-order chi connectivity index (χ0) is 24.2. The van der Waals surface area contributed by atoms with E-state index in [4.69, 9.17) is 16.3 Å². The number of rotatable bonds is 7. The molecular formula is C25H26ClN3O5. The van der Waals surface area contributed by atoms with Gasteiger partial charge in [0.05, 0.1) is 17.7 Å². The highest BCUT2D eigenvalue weighted by molar-refractivity contribution is 6.30. The minimum atomic E-state index is -0.576. The summed E-state index contributed by atoms with van der Waals surface area (Å²) in [7, 11) is 0. The minimum absolute atomic E-state index is 0.0433.